The molecule has 5 heteroatoms. The summed E-state index contributed by atoms with van der Waals surface area (Å²) in [7, 11) is -3.36. The van der Waals surface area contributed by atoms with E-state index in [9.17, 15) is 13.2 Å². The molecule has 0 radical (unpaired) electrons. The molecule has 0 heterocycles. The summed E-state index contributed by atoms with van der Waals surface area (Å²) < 4.78 is 29.0. The van der Waals surface area contributed by atoms with Crippen LogP contribution in [0.25, 0.3) is 0 Å². The number of carbonyl (C=O) groups is 1. The van der Waals surface area contributed by atoms with Crippen molar-refractivity contribution >= 4 is 15.8 Å². The van der Waals surface area contributed by atoms with Crippen molar-refractivity contribution in [3.63, 3.8) is 0 Å². The van der Waals surface area contributed by atoms with Gasteiger partial charge in [-0.2, -0.15) is 0 Å². The SMILES string of the molecule is CCOC(=O)[C@H](C1CCCCC1)S(=O)(=O)CC. The van der Waals surface area contributed by atoms with E-state index < -0.39 is 21.1 Å². The molecule has 17 heavy (non-hydrogen) atoms. The molecule has 0 spiro atoms. The molecule has 0 aromatic rings. The Kier molecular flexibility index (Phi) is 5.43. The van der Waals surface area contributed by atoms with Crippen LogP contribution in [0.2, 0.25) is 0 Å². The lowest BCUT2D eigenvalue weighted by atomic mass is 9.87. The Morgan fingerprint density at radius 1 is 1.24 bits per heavy atom. The van der Waals surface area contributed by atoms with Crippen LogP contribution in [-0.2, 0) is 19.4 Å². The first-order valence-electron chi connectivity index (χ1n) is 6.41. The third-order valence-electron chi connectivity index (χ3n) is 3.39. The van der Waals surface area contributed by atoms with Crippen molar-refractivity contribution in [1.29, 1.82) is 0 Å². The van der Waals surface area contributed by atoms with Crippen LogP contribution in [0.5, 0.6) is 0 Å². The lowest BCUT2D eigenvalue weighted by Crippen LogP contribution is -2.40. The van der Waals surface area contributed by atoms with Crippen molar-refractivity contribution in [2.24, 2.45) is 5.92 Å². The van der Waals surface area contributed by atoms with Crippen molar-refractivity contribution in [3.05, 3.63) is 0 Å². The van der Waals surface area contributed by atoms with Crippen LogP contribution in [-0.4, -0.2) is 32.0 Å². The van der Waals surface area contributed by atoms with E-state index in [1.165, 1.54) is 0 Å². The lowest BCUT2D eigenvalue weighted by molar-refractivity contribution is -0.143. The Hall–Kier alpha value is -0.580. The molecule has 1 aliphatic carbocycles. The molecule has 0 N–H and O–H groups in total. The highest BCUT2D eigenvalue weighted by atomic mass is 32.2. The minimum atomic E-state index is -3.36. The topological polar surface area (TPSA) is 60.4 Å². The monoisotopic (exact) mass is 262 g/mol. The molecule has 0 aromatic heterocycles. The zero-order valence-electron chi connectivity index (χ0n) is 10.6. The number of hydrogen-bond donors (Lipinski definition) is 0. The second kappa shape index (κ2) is 6.38. The minimum Gasteiger partial charge on any atom is -0.465 e. The summed E-state index contributed by atoms with van der Waals surface area (Å²) in [6.45, 7) is 3.53. The molecule has 1 atom stereocenters. The van der Waals surface area contributed by atoms with Crippen molar-refractivity contribution in [3.8, 4) is 0 Å². The van der Waals surface area contributed by atoms with Gasteiger partial charge in [0.2, 0.25) is 0 Å². The van der Waals surface area contributed by atoms with E-state index >= 15 is 0 Å². The van der Waals surface area contributed by atoms with Gasteiger partial charge >= 0.3 is 5.97 Å². The normalized spacial score (nSPS) is 19.9. The van der Waals surface area contributed by atoms with Gasteiger partial charge in [-0.25, -0.2) is 8.42 Å². The van der Waals surface area contributed by atoms with Crippen LogP contribution in [0, 0.1) is 5.92 Å². The molecule has 0 saturated heterocycles. The quantitative estimate of drug-likeness (QED) is 0.710. The maximum atomic E-state index is 12.0. The number of rotatable bonds is 5. The number of ether oxygens (including phenoxy) is 1. The first-order chi connectivity index (χ1) is 8.03. The first-order valence-corrected chi connectivity index (χ1v) is 8.12. The van der Waals surface area contributed by atoms with E-state index in [-0.39, 0.29) is 18.3 Å². The summed E-state index contributed by atoms with van der Waals surface area (Å²) >= 11 is 0. The van der Waals surface area contributed by atoms with E-state index in [1.54, 1.807) is 13.8 Å². The van der Waals surface area contributed by atoms with E-state index in [1.807, 2.05) is 0 Å². The van der Waals surface area contributed by atoms with Gasteiger partial charge in [-0.15, -0.1) is 0 Å². The van der Waals surface area contributed by atoms with Gasteiger partial charge in [-0.1, -0.05) is 26.2 Å². The predicted octanol–water partition coefficient (Wildman–Crippen LogP) is 1.93. The van der Waals surface area contributed by atoms with Gasteiger partial charge < -0.3 is 4.74 Å². The fourth-order valence-corrected chi connectivity index (χ4v) is 4.05. The van der Waals surface area contributed by atoms with Gasteiger partial charge in [0.15, 0.2) is 15.1 Å². The number of sulfone groups is 1. The molecule has 100 valence electrons. The molecule has 4 nitrogen and oxygen atoms in total. The highest BCUT2D eigenvalue weighted by Gasteiger charge is 2.39. The average Bonchev–Trinajstić information content (AvgIpc) is 2.30. The predicted molar refractivity (Wildman–Crippen MR) is 66.5 cm³/mol. The van der Waals surface area contributed by atoms with Crippen molar-refractivity contribution in [2.75, 3.05) is 12.4 Å². The Morgan fingerprint density at radius 3 is 2.29 bits per heavy atom. The standard InChI is InChI=1S/C12H22O4S/c1-3-16-12(13)11(17(14,15)4-2)10-8-6-5-7-9-10/h10-11H,3-9H2,1-2H3/t11-/m0/s1. The van der Waals surface area contributed by atoms with E-state index in [0.717, 1.165) is 32.1 Å². The summed E-state index contributed by atoms with van der Waals surface area (Å²) in [5.74, 6) is -0.596. The maximum Gasteiger partial charge on any atom is 0.324 e. The van der Waals surface area contributed by atoms with Gasteiger partial charge in [0.25, 0.3) is 0 Å². The van der Waals surface area contributed by atoms with Crippen LogP contribution in [0.3, 0.4) is 0 Å². The molecule has 0 aromatic carbocycles. The van der Waals surface area contributed by atoms with Gasteiger partial charge in [0.05, 0.1) is 6.61 Å². The summed E-state index contributed by atoms with van der Waals surface area (Å²) in [6.07, 6.45) is 4.81. The van der Waals surface area contributed by atoms with Crippen molar-refractivity contribution < 1.29 is 17.9 Å². The van der Waals surface area contributed by atoms with E-state index in [2.05, 4.69) is 0 Å². The highest BCUT2D eigenvalue weighted by Crippen LogP contribution is 2.30. The molecule has 0 amide bonds. The van der Waals surface area contributed by atoms with Crippen molar-refractivity contribution in [1.82, 2.24) is 0 Å². The third-order valence-corrected chi connectivity index (χ3v) is 5.54. The maximum absolute atomic E-state index is 12.0. The molecule has 0 bridgehead atoms. The van der Waals surface area contributed by atoms with Crippen molar-refractivity contribution in [2.45, 2.75) is 51.2 Å². The zero-order chi connectivity index (χ0) is 12.9. The highest BCUT2D eigenvalue weighted by molar-refractivity contribution is 7.92. The van der Waals surface area contributed by atoms with E-state index in [0.29, 0.717) is 0 Å². The number of carbonyl (C=O) groups excluding carboxylic acids is 1. The summed E-state index contributed by atoms with van der Waals surface area (Å²) in [5, 5.41) is -0.937. The smallest absolute Gasteiger partial charge is 0.324 e. The van der Waals surface area contributed by atoms with Crippen LogP contribution in [0.15, 0.2) is 0 Å². The third kappa shape index (κ3) is 3.69. The van der Waals surface area contributed by atoms with Crippen LogP contribution < -0.4 is 0 Å². The number of esters is 1. The zero-order valence-corrected chi connectivity index (χ0v) is 11.5. The molecular weight excluding hydrogens is 240 g/mol. The molecule has 0 aliphatic heterocycles. The fourth-order valence-electron chi connectivity index (χ4n) is 2.47. The first kappa shape index (κ1) is 14.5. The summed E-state index contributed by atoms with van der Waals surface area (Å²) in [5.41, 5.74) is 0. The Bertz CT molecular complexity index is 342. The summed E-state index contributed by atoms with van der Waals surface area (Å²) in [4.78, 5) is 11.8. The summed E-state index contributed by atoms with van der Waals surface area (Å²) in [6, 6.07) is 0. The molecule has 1 fully saturated rings. The largest absolute Gasteiger partial charge is 0.465 e. The molecular formula is C12H22O4S. The van der Waals surface area contributed by atoms with Crippen LogP contribution in [0.4, 0.5) is 0 Å². The fraction of sp³-hybridized carbons (Fsp3) is 0.917. The van der Waals surface area contributed by atoms with Gasteiger partial charge in [-0.05, 0) is 25.7 Å². The molecule has 1 aliphatic rings. The lowest BCUT2D eigenvalue weighted by Gasteiger charge is -2.28. The van der Waals surface area contributed by atoms with Crippen LogP contribution >= 0.6 is 0 Å². The second-order valence-electron chi connectivity index (χ2n) is 4.52. The molecule has 0 unspecified atom stereocenters. The van der Waals surface area contributed by atoms with Gasteiger partial charge in [0, 0.05) is 5.75 Å². The second-order valence-corrected chi connectivity index (χ2v) is 6.93. The number of hydrogen-bond acceptors (Lipinski definition) is 4. The van der Waals surface area contributed by atoms with E-state index in [4.69, 9.17) is 4.74 Å². The molecule has 1 saturated carbocycles. The van der Waals surface area contributed by atoms with Gasteiger partial charge in [-0.3, -0.25) is 4.79 Å². The van der Waals surface area contributed by atoms with Crippen LogP contribution in [0.1, 0.15) is 46.0 Å². The molecule has 1 rings (SSSR count). The Morgan fingerprint density at radius 2 is 1.82 bits per heavy atom. The minimum absolute atomic E-state index is 0.00693. The average molecular weight is 262 g/mol. The van der Waals surface area contributed by atoms with Gasteiger partial charge in [0.1, 0.15) is 0 Å². The Labute approximate surface area is 104 Å². The Balaban J connectivity index is 2.88.